The van der Waals surface area contributed by atoms with Crippen molar-refractivity contribution < 1.29 is 19.2 Å². The molecule has 0 fully saturated rings. The molecule has 0 N–H and O–H groups in total. The molecule has 2 atom stereocenters. The molecule has 0 heterocycles. The predicted octanol–water partition coefficient (Wildman–Crippen LogP) is 4.28. The number of nitrogens with zero attached hydrogens (tertiary/aromatic N) is 2. The Labute approximate surface area is 175 Å². The van der Waals surface area contributed by atoms with Crippen molar-refractivity contribution in [1.29, 1.82) is 0 Å². The number of ether oxygens (including phenoxy) is 1. The molecular weight excluding hydrogens is 368 g/mol. The van der Waals surface area contributed by atoms with Crippen molar-refractivity contribution in [3.8, 4) is 0 Å². The van der Waals surface area contributed by atoms with Crippen LogP contribution in [0.15, 0.2) is 35.3 Å². The van der Waals surface area contributed by atoms with E-state index in [0.29, 0.717) is 0 Å². The van der Waals surface area contributed by atoms with E-state index in [1.807, 2.05) is 58.0 Å². The summed E-state index contributed by atoms with van der Waals surface area (Å²) >= 11 is 0. The third kappa shape index (κ3) is 7.97. The minimum atomic E-state index is -0.808. The first kappa shape index (κ1) is 24.8. The summed E-state index contributed by atoms with van der Waals surface area (Å²) in [6.07, 6.45) is 0.115. The van der Waals surface area contributed by atoms with Crippen LogP contribution in [0.2, 0.25) is 0 Å². The lowest BCUT2D eigenvalue weighted by molar-refractivity contribution is -0.170. The molecule has 1 aromatic carbocycles. The number of amides is 1. The van der Waals surface area contributed by atoms with Crippen LogP contribution in [0.4, 0.5) is 0 Å². The van der Waals surface area contributed by atoms with Crippen LogP contribution >= 0.6 is 0 Å². The van der Waals surface area contributed by atoms with E-state index in [9.17, 15) is 9.59 Å². The molecule has 6 heteroatoms. The van der Waals surface area contributed by atoms with Crippen LogP contribution in [0.3, 0.4) is 0 Å². The molecule has 0 aliphatic rings. The Kier molecular flexibility index (Phi) is 8.57. The van der Waals surface area contributed by atoms with E-state index in [1.54, 1.807) is 7.05 Å². The van der Waals surface area contributed by atoms with Gasteiger partial charge in [-0.1, -0.05) is 58.0 Å². The van der Waals surface area contributed by atoms with Crippen LogP contribution in [0.5, 0.6) is 0 Å². The van der Waals surface area contributed by atoms with E-state index in [1.165, 1.54) is 7.11 Å². The zero-order valence-electron chi connectivity index (χ0n) is 19.3. The van der Waals surface area contributed by atoms with Crippen molar-refractivity contribution >= 4 is 17.6 Å². The Morgan fingerprint density at radius 2 is 1.62 bits per heavy atom. The van der Waals surface area contributed by atoms with Gasteiger partial charge in [0, 0.05) is 24.6 Å². The molecule has 0 bridgehead atoms. The fourth-order valence-corrected chi connectivity index (χ4v) is 2.83. The Morgan fingerprint density at radius 1 is 1.07 bits per heavy atom. The highest BCUT2D eigenvalue weighted by molar-refractivity contribution is 6.05. The summed E-state index contributed by atoms with van der Waals surface area (Å²) in [4.78, 5) is 35.2. The van der Waals surface area contributed by atoms with Gasteiger partial charge in [0.1, 0.15) is 5.60 Å². The van der Waals surface area contributed by atoms with Crippen LogP contribution in [0.25, 0.3) is 0 Å². The van der Waals surface area contributed by atoms with Gasteiger partial charge in [0.15, 0.2) is 6.04 Å². The minimum Gasteiger partial charge on any atom is -0.458 e. The van der Waals surface area contributed by atoms with Crippen molar-refractivity contribution in [2.75, 3.05) is 14.2 Å². The number of hydroxylamine groups is 2. The van der Waals surface area contributed by atoms with Gasteiger partial charge < -0.3 is 4.74 Å². The molecule has 0 aliphatic heterocycles. The standard InChI is InChI=1S/C23H36N2O4/c1-16(15-18(26)25(8)28-9)19(21(27)29-23(5,6)7)24-20(22(2,3)4)17-13-11-10-12-14-17/h10-14,16,19H,15H2,1-9H3/t16-,19-/m1/s1. The number of esters is 1. The van der Waals surface area contributed by atoms with E-state index >= 15 is 0 Å². The van der Waals surface area contributed by atoms with E-state index in [0.717, 1.165) is 16.3 Å². The van der Waals surface area contributed by atoms with E-state index in [2.05, 4.69) is 20.8 Å². The Morgan fingerprint density at radius 3 is 2.07 bits per heavy atom. The summed E-state index contributed by atoms with van der Waals surface area (Å²) in [6.45, 7) is 13.5. The lowest BCUT2D eigenvalue weighted by Gasteiger charge is -2.29. The van der Waals surface area contributed by atoms with Crippen LogP contribution in [-0.4, -0.2) is 48.5 Å². The molecule has 1 amide bonds. The molecule has 29 heavy (non-hydrogen) atoms. The van der Waals surface area contributed by atoms with Crippen molar-refractivity contribution in [3.63, 3.8) is 0 Å². The quantitative estimate of drug-likeness (QED) is 0.386. The third-order valence-corrected chi connectivity index (χ3v) is 4.33. The number of carbonyl (C=O) groups excluding carboxylic acids is 2. The van der Waals surface area contributed by atoms with E-state index < -0.39 is 17.6 Å². The van der Waals surface area contributed by atoms with Crippen LogP contribution in [0, 0.1) is 11.3 Å². The lowest BCUT2D eigenvalue weighted by Crippen LogP contribution is -2.38. The van der Waals surface area contributed by atoms with Crippen LogP contribution in [-0.2, 0) is 19.2 Å². The topological polar surface area (TPSA) is 68.2 Å². The van der Waals surface area contributed by atoms with Gasteiger partial charge >= 0.3 is 5.97 Å². The van der Waals surface area contributed by atoms with Crippen molar-refractivity contribution in [2.24, 2.45) is 16.3 Å². The van der Waals surface area contributed by atoms with Gasteiger partial charge in [-0.3, -0.25) is 14.6 Å². The maximum absolute atomic E-state index is 13.0. The van der Waals surface area contributed by atoms with E-state index in [-0.39, 0.29) is 23.7 Å². The molecular formula is C23H36N2O4. The molecule has 0 radical (unpaired) electrons. The molecule has 6 nitrogen and oxygen atoms in total. The van der Waals surface area contributed by atoms with Crippen molar-refractivity contribution in [1.82, 2.24) is 5.06 Å². The summed E-state index contributed by atoms with van der Waals surface area (Å²) in [7, 11) is 2.98. The first-order valence-electron chi connectivity index (χ1n) is 9.93. The highest BCUT2D eigenvalue weighted by Crippen LogP contribution is 2.26. The zero-order valence-corrected chi connectivity index (χ0v) is 19.3. The maximum Gasteiger partial charge on any atom is 0.331 e. The first-order chi connectivity index (χ1) is 13.3. The summed E-state index contributed by atoms with van der Waals surface area (Å²) < 4.78 is 5.64. The SMILES string of the molecule is CON(C)C(=O)C[C@@H](C)[C@@H](N=C(c1ccccc1)C(C)(C)C)C(=O)OC(C)(C)C. The Balaban J connectivity index is 3.38. The van der Waals surface area contributed by atoms with Gasteiger partial charge in [-0.05, 0) is 32.3 Å². The predicted molar refractivity (Wildman–Crippen MR) is 116 cm³/mol. The Bertz CT molecular complexity index is 715. The molecule has 0 aromatic heterocycles. The number of hydrogen-bond acceptors (Lipinski definition) is 5. The second-order valence-electron chi connectivity index (χ2n) is 9.33. The van der Waals surface area contributed by atoms with Gasteiger partial charge in [-0.2, -0.15) is 0 Å². The number of hydrogen-bond donors (Lipinski definition) is 0. The van der Waals surface area contributed by atoms with Gasteiger partial charge in [-0.25, -0.2) is 9.86 Å². The number of rotatable bonds is 7. The molecule has 162 valence electrons. The number of carbonyl (C=O) groups is 2. The molecule has 0 unspecified atom stereocenters. The first-order valence-corrected chi connectivity index (χ1v) is 9.93. The lowest BCUT2D eigenvalue weighted by atomic mass is 9.84. The van der Waals surface area contributed by atoms with E-state index in [4.69, 9.17) is 14.6 Å². The fourth-order valence-electron chi connectivity index (χ4n) is 2.83. The molecule has 0 aliphatic carbocycles. The monoisotopic (exact) mass is 404 g/mol. The minimum absolute atomic E-state index is 0.115. The maximum atomic E-state index is 13.0. The van der Waals surface area contributed by atoms with Crippen molar-refractivity contribution in [2.45, 2.75) is 66.5 Å². The molecule has 0 saturated carbocycles. The number of aliphatic imine (C=N–C) groups is 1. The second-order valence-corrected chi connectivity index (χ2v) is 9.33. The highest BCUT2D eigenvalue weighted by atomic mass is 16.7. The summed E-state index contributed by atoms with van der Waals surface area (Å²) in [5.41, 5.74) is 0.802. The molecule has 1 rings (SSSR count). The fraction of sp³-hybridized carbons (Fsp3) is 0.609. The van der Waals surface area contributed by atoms with Gasteiger partial charge in [0.25, 0.3) is 0 Å². The molecule has 1 aromatic rings. The number of benzene rings is 1. The average molecular weight is 405 g/mol. The Hall–Kier alpha value is -2.21. The summed E-state index contributed by atoms with van der Waals surface area (Å²) in [6, 6.07) is 8.98. The summed E-state index contributed by atoms with van der Waals surface area (Å²) in [5.74, 6) is -1.02. The van der Waals surface area contributed by atoms with Crippen LogP contribution in [0.1, 0.15) is 60.5 Å². The molecule has 0 saturated heterocycles. The average Bonchev–Trinajstić information content (AvgIpc) is 2.59. The highest BCUT2D eigenvalue weighted by Gasteiger charge is 2.33. The van der Waals surface area contributed by atoms with Crippen LogP contribution < -0.4 is 0 Å². The largest absolute Gasteiger partial charge is 0.458 e. The third-order valence-electron chi connectivity index (χ3n) is 4.33. The second kappa shape index (κ2) is 10.0. The summed E-state index contributed by atoms with van der Waals surface area (Å²) in [5, 5.41) is 1.16. The van der Waals surface area contributed by atoms with Gasteiger partial charge in [-0.15, -0.1) is 0 Å². The molecule has 0 spiro atoms. The normalized spacial score (nSPS) is 14.9. The van der Waals surface area contributed by atoms with Gasteiger partial charge in [0.2, 0.25) is 5.91 Å². The van der Waals surface area contributed by atoms with Gasteiger partial charge in [0.05, 0.1) is 7.11 Å². The van der Waals surface area contributed by atoms with Crippen molar-refractivity contribution in [3.05, 3.63) is 35.9 Å². The zero-order chi connectivity index (χ0) is 22.4. The smallest absolute Gasteiger partial charge is 0.331 e.